The van der Waals surface area contributed by atoms with E-state index in [9.17, 15) is 0 Å². The second-order valence-corrected chi connectivity index (χ2v) is 6.11. The van der Waals surface area contributed by atoms with Gasteiger partial charge in [-0.2, -0.15) is 0 Å². The Morgan fingerprint density at radius 2 is 1.91 bits per heavy atom. The molecule has 0 saturated carbocycles. The van der Waals surface area contributed by atoms with E-state index in [1.807, 2.05) is 19.0 Å². The van der Waals surface area contributed by atoms with E-state index < -0.39 is 0 Å². The maximum absolute atomic E-state index is 5.17. The number of piperazine rings is 1. The highest BCUT2D eigenvalue weighted by atomic mass is 16.5. The lowest BCUT2D eigenvalue weighted by atomic mass is 10.1. The fourth-order valence-corrected chi connectivity index (χ4v) is 3.03. The predicted octanol–water partition coefficient (Wildman–Crippen LogP) is 1.46. The molecule has 0 amide bonds. The van der Waals surface area contributed by atoms with Crippen LogP contribution in [0.1, 0.15) is 0 Å². The van der Waals surface area contributed by atoms with Crippen LogP contribution < -0.4 is 9.80 Å². The second kappa shape index (κ2) is 7.10. The zero-order chi connectivity index (χ0) is 16.2. The van der Waals surface area contributed by atoms with Gasteiger partial charge < -0.3 is 14.5 Å². The Balaban J connectivity index is 1.77. The molecule has 124 valence electrons. The average molecular weight is 315 g/mol. The Kier molecular flexibility index (Phi) is 4.93. The number of anilines is 2. The molecular formula is C17H25N5O. The summed E-state index contributed by atoms with van der Waals surface area (Å²) in [5.74, 6) is 0.968. The second-order valence-electron chi connectivity index (χ2n) is 6.11. The number of ether oxygens (including phenoxy) is 1. The van der Waals surface area contributed by atoms with Crippen molar-refractivity contribution >= 4 is 22.4 Å². The van der Waals surface area contributed by atoms with Gasteiger partial charge in [0.15, 0.2) is 0 Å². The maximum Gasteiger partial charge on any atom is 0.139 e. The first-order valence-corrected chi connectivity index (χ1v) is 8.07. The van der Waals surface area contributed by atoms with Crippen LogP contribution in [0.5, 0.6) is 0 Å². The van der Waals surface area contributed by atoms with E-state index in [1.165, 1.54) is 5.69 Å². The van der Waals surface area contributed by atoms with Crippen LogP contribution in [0, 0.1) is 0 Å². The minimum atomic E-state index is 0.805. The molecule has 0 radical (unpaired) electrons. The summed E-state index contributed by atoms with van der Waals surface area (Å²) in [5.41, 5.74) is 2.24. The normalized spacial score (nSPS) is 16.0. The summed E-state index contributed by atoms with van der Waals surface area (Å²) in [7, 11) is 5.79. The van der Waals surface area contributed by atoms with Crippen molar-refractivity contribution < 1.29 is 4.74 Å². The minimum absolute atomic E-state index is 0.805. The summed E-state index contributed by atoms with van der Waals surface area (Å²) < 4.78 is 5.17. The molecule has 6 nitrogen and oxygen atoms in total. The highest BCUT2D eigenvalue weighted by Gasteiger charge is 2.17. The maximum atomic E-state index is 5.17. The van der Waals surface area contributed by atoms with Gasteiger partial charge in [0.1, 0.15) is 12.1 Å². The van der Waals surface area contributed by atoms with Crippen molar-refractivity contribution in [2.45, 2.75) is 0 Å². The Morgan fingerprint density at radius 1 is 1.13 bits per heavy atom. The Bertz CT molecular complexity index is 652. The number of fused-ring (bicyclic) bond motifs is 1. The third-order valence-corrected chi connectivity index (χ3v) is 4.37. The molecule has 2 aromatic rings. The van der Waals surface area contributed by atoms with E-state index in [-0.39, 0.29) is 0 Å². The predicted molar refractivity (Wildman–Crippen MR) is 94.4 cm³/mol. The molecule has 0 N–H and O–H groups in total. The molecule has 0 spiro atoms. The first kappa shape index (κ1) is 16.0. The summed E-state index contributed by atoms with van der Waals surface area (Å²) >= 11 is 0. The van der Waals surface area contributed by atoms with Gasteiger partial charge in [-0.15, -0.1) is 0 Å². The number of benzene rings is 1. The number of rotatable bonds is 5. The van der Waals surface area contributed by atoms with Crippen molar-refractivity contribution in [1.29, 1.82) is 0 Å². The summed E-state index contributed by atoms with van der Waals surface area (Å²) in [4.78, 5) is 15.7. The van der Waals surface area contributed by atoms with E-state index in [1.54, 1.807) is 13.4 Å². The molecule has 0 atom stereocenters. The van der Waals surface area contributed by atoms with Gasteiger partial charge in [-0.3, -0.25) is 4.90 Å². The van der Waals surface area contributed by atoms with Crippen molar-refractivity contribution in [1.82, 2.24) is 14.9 Å². The topological polar surface area (TPSA) is 44.7 Å². The Hall–Kier alpha value is -1.92. The molecule has 23 heavy (non-hydrogen) atoms. The summed E-state index contributed by atoms with van der Waals surface area (Å²) in [6.45, 7) is 6.06. The van der Waals surface area contributed by atoms with Gasteiger partial charge in [-0.25, -0.2) is 9.97 Å². The van der Waals surface area contributed by atoms with Gasteiger partial charge in [0.25, 0.3) is 0 Å². The standard InChI is InChI=1S/C17H25N5O/c1-20(2)17-15-12-14(4-5-16(15)18-13-19-17)22-8-6-21(7-9-22)10-11-23-3/h4-5,12-13H,6-11H2,1-3H3. The van der Waals surface area contributed by atoms with Gasteiger partial charge in [0.05, 0.1) is 12.1 Å². The molecule has 2 heterocycles. The Labute approximate surface area is 137 Å². The minimum Gasteiger partial charge on any atom is -0.383 e. The number of nitrogens with zero attached hydrogens (tertiary/aromatic N) is 5. The average Bonchev–Trinajstić information content (AvgIpc) is 2.59. The van der Waals surface area contributed by atoms with E-state index in [0.717, 1.165) is 56.1 Å². The molecule has 1 aliphatic rings. The van der Waals surface area contributed by atoms with Crippen molar-refractivity contribution in [3.63, 3.8) is 0 Å². The van der Waals surface area contributed by atoms with Gasteiger partial charge in [-0.05, 0) is 18.2 Å². The molecule has 1 aromatic heterocycles. The molecule has 0 bridgehead atoms. The fourth-order valence-electron chi connectivity index (χ4n) is 3.03. The molecule has 1 fully saturated rings. The Morgan fingerprint density at radius 3 is 2.61 bits per heavy atom. The van der Waals surface area contributed by atoms with E-state index >= 15 is 0 Å². The van der Waals surface area contributed by atoms with Crippen LogP contribution in [0.4, 0.5) is 11.5 Å². The molecule has 1 aromatic carbocycles. The zero-order valence-electron chi connectivity index (χ0n) is 14.2. The molecular weight excluding hydrogens is 290 g/mol. The molecule has 6 heteroatoms. The van der Waals surface area contributed by atoms with Crippen LogP contribution in [0.3, 0.4) is 0 Å². The first-order valence-electron chi connectivity index (χ1n) is 8.07. The van der Waals surface area contributed by atoms with Gasteiger partial charge in [0.2, 0.25) is 0 Å². The number of hydrogen-bond donors (Lipinski definition) is 0. The van der Waals surface area contributed by atoms with E-state index in [4.69, 9.17) is 4.74 Å². The summed E-state index contributed by atoms with van der Waals surface area (Å²) in [6.07, 6.45) is 1.63. The molecule has 1 aliphatic heterocycles. The van der Waals surface area contributed by atoms with Crippen LogP contribution in [-0.2, 0) is 4.74 Å². The van der Waals surface area contributed by atoms with Crippen molar-refractivity contribution in [3.05, 3.63) is 24.5 Å². The fraction of sp³-hybridized carbons (Fsp3) is 0.529. The van der Waals surface area contributed by atoms with Crippen molar-refractivity contribution in [2.75, 3.05) is 70.3 Å². The number of aromatic nitrogens is 2. The third-order valence-electron chi connectivity index (χ3n) is 4.37. The van der Waals surface area contributed by atoms with Crippen LogP contribution in [0.15, 0.2) is 24.5 Å². The molecule has 0 unspecified atom stereocenters. The first-order chi connectivity index (χ1) is 11.2. The number of hydrogen-bond acceptors (Lipinski definition) is 6. The zero-order valence-corrected chi connectivity index (χ0v) is 14.2. The highest BCUT2D eigenvalue weighted by Crippen LogP contribution is 2.27. The van der Waals surface area contributed by atoms with E-state index in [2.05, 4.69) is 38.0 Å². The van der Waals surface area contributed by atoms with Gasteiger partial charge >= 0.3 is 0 Å². The van der Waals surface area contributed by atoms with Gasteiger partial charge in [0, 0.05) is 65.0 Å². The van der Waals surface area contributed by atoms with Crippen LogP contribution in [0.2, 0.25) is 0 Å². The third kappa shape index (κ3) is 3.54. The lowest BCUT2D eigenvalue weighted by Gasteiger charge is -2.36. The van der Waals surface area contributed by atoms with Gasteiger partial charge in [-0.1, -0.05) is 0 Å². The largest absolute Gasteiger partial charge is 0.383 e. The van der Waals surface area contributed by atoms with Crippen LogP contribution >= 0.6 is 0 Å². The highest BCUT2D eigenvalue weighted by molar-refractivity contribution is 5.91. The smallest absolute Gasteiger partial charge is 0.139 e. The van der Waals surface area contributed by atoms with Crippen molar-refractivity contribution in [3.8, 4) is 0 Å². The van der Waals surface area contributed by atoms with Crippen LogP contribution in [-0.4, -0.2) is 75.4 Å². The van der Waals surface area contributed by atoms with Crippen LogP contribution in [0.25, 0.3) is 10.9 Å². The SMILES string of the molecule is COCCN1CCN(c2ccc3ncnc(N(C)C)c3c2)CC1. The molecule has 0 aliphatic carbocycles. The summed E-state index contributed by atoms with van der Waals surface area (Å²) in [6, 6.07) is 6.48. The van der Waals surface area contributed by atoms with Crippen molar-refractivity contribution in [2.24, 2.45) is 0 Å². The summed E-state index contributed by atoms with van der Waals surface area (Å²) in [5, 5.41) is 1.11. The number of methoxy groups -OCH3 is 1. The molecule has 3 rings (SSSR count). The monoisotopic (exact) mass is 315 g/mol. The van der Waals surface area contributed by atoms with E-state index in [0.29, 0.717) is 0 Å². The quantitative estimate of drug-likeness (QED) is 0.832. The lowest BCUT2D eigenvalue weighted by Crippen LogP contribution is -2.47. The molecule has 1 saturated heterocycles. The lowest BCUT2D eigenvalue weighted by molar-refractivity contribution is 0.144.